The summed E-state index contributed by atoms with van der Waals surface area (Å²) in [5.41, 5.74) is 1.28. The standard InChI is InChI=1S/C21H25ClN2O4S/c1-4-5-15(3)23-21(25)20-13-24(18-12-16(22)8-11-19(18)28-20)29(26,27)17-9-6-14(2)7-10-17/h6-12,15,20H,4-5,13H2,1-3H3,(H,23,25)/t15-,20-/m0/s1. The Bertz CT molecular complexity index is 992. The van der Waals surface area contributed by atoms with E-state index in [1.165, 1.54) is 10.4 Å². The first-order chi connectivity index (χ1) is 13.7. The van der Waals surface area contributed by atoms with Crippen LogP contribution in [0.15, 0.2) is 47.4 Å². The van der Waals surface area contributed by atoms with Crippen LogP contribution in [-0.2, 0) is 14.8 Å². The van der Waals surface area contributed by atoms with Crippen molar-refractivity contribution < 1.29 is 17.9 Å². The van der Waals surface area contributed by atoms with Crippen LogP contribution >= 0.6 is 11.6 Å². The van der Waals surface area contributed by atoms with E-state index in [0.29, 0.717) is 16.5 Å². The molecule has 0 aliphatic carbocycles. The van der Waals surface area contributed by atoms with Crippen LogP contribution < -0.4 is 14.4 Å². The third kappa shape index (κ3) is 4.67. The zero-order chi connectivity index (χ0) is 21.2. The molecule has 156 valence electrons. The van der Waals surface area contributed by atoms with Crippen LogP contribution in [0.25, 0.3) is 0 Å². The quantitative estimate of drug-likeness (QED) is 0.744. The summed E-state index contributed by atoms with van der Waals surface area (Å²) >= 11 is 6.11. The third-order valence-electron chi connectivity index (χ3n) is 4.80. The molecule has 1 aliphatic rings. The van der Waals surface area contributed by atoms with Gasteiger partial charge in [-0.25, -0.2) is 8.42 Å². The monoisotopic (exact) mass is 436 g/mol. The maximum atomic E-state index is 13.4. The van der Waals surface area contributed by atoms with E-state index < -0.39 is 16.1 Å². The number of nitrogens with zero attached hydrogens (tertiary/aromatic N) is 1. The largest absolute Gasteiger partial charge is 0.476 e. The fourth-order valence-electron chi connectivity index (χ4n) is 3.27. The molecule has 0 saturated heterocycles. The van der Waals surface area contributed by atoms with Gasteiger partial charge in [0, 0.05) is 11.1 Å². The maximum absolute atomic E-state index is 13.4. The molecule has 0 spiro atoms. The molecule has 0 unspecified atom stereocenters. The number of carbonyl (C=O) groups is 1. The van der Waals surface area contributed by atoms with E-state index in [-0.39, 0.29) is 23.4 Å². The molecule has 0 radical (unpaired) electrons. The summed E-state index contributed by atoms with van der Waals surface area (Å²) < 4.78 is 33.8. The summed E-state index contributed by atoms with van der Waals surface area (Å²) in [7, 11) is -3.90. The van der Waals surface area contributed by atoms with Gasteiger partial charge in [0.2, 0.25) is 0 Å². The Morgan fingerprint density at radius 2 is 1.97 bits per heavy atom. The molecule has 1 amide bonds. The van der Waals surface area contributed by atoms with E-state index in [9.17, 15) is 13.2 Å². The van der Waals surface area contributed by atoms with Gasteiger partial charge in [-0.05, 0) is 50.6 Å². The predicted octanol–water partition coefficient (Wildman–Crippen LogP) is 3.91. The maximum Gasteiger partial charge on any atom is 0.264 e. The molecule has 1 heterocycles. The van der Waals surface area contributed by atoms with E-state index in [0.717, 1.165) is 18.4 Å². The van der Waals surface area contributed by atoms with Crippen LogP contribution in [0.1, 0.15) is 32.3 Å². The molecule has 3 rings (SSSR count). The zero-order valence-corrected chi connectivity index (χ0v) is 18.3. The smallest absolute Gasteiger partial charge is 0.264 e. The normalized spacial score (nSPS) is 17.2. The Morgan fingerprint density at radius 3 is 2.62 bits per heavy atom. The molecule has 0 fully saturated rings. The van der Waals surface area contributed by atoms with Gasteiger partial charge in [0.1, 0.15) is 5.75 Å². The first-order valence-corrected chi connectivity index (χ1v) is 11.4. The average Bonchev–Trinajstić information content (AvgIpc) is 2.67. The second-order valence-corrected chi connectivity index (χ2v) is 9.56. The number of rotatable bonds is 6. The molecular weight excluding hydrogens is 412 g/mol. The number of hydrogen-bond donors (Lipinski definition) is 1. The highest BCUT2D eigenvalue weighted by Gasteiger charge is 2.38. The summed E-state index contributed by atoms with van der Waals surface area (Å²) in [6.07, 6.45) is 0.807. The van der Waals surface area contributed by atoms with E-state index in [1.54, 1.807) is 36.4 Å². The number of hydrogen-bond acceptors (Lipinski definition) is 4. The van der Waals surface area contributed by atoms with Gasteiger partial charge in [-0.3, -0.25) is 9.10 Å². The lowest BCUT2D eigenvalue weighted by Gasteiger charge is -2.35. The summed E-state index contributed by atoms with van der Waals surface area (Å²) in [6.45, 7) is 5.71. The van der Waals surface area contributed by atoms with Crippen LogP contribution in [-0.4, -0.2) is 33.0 Å². The van der Waals surface area contributed by atoms with Crippen LogP contribution in [0.2, 0.25) is 5.02 Å². The van der Waals surface area contributed by atoms with Gasteiger partial charge in [0.25, 0.3) is 15.9 Å². The van der Waals surface area contributed by atoms with Crippen molar-refractivity contribution in [1.82, 2.24) is 5.32 Å². The minimum absolute atomic E-state index is 0.0233. The van der Waals surface area contributed by atoms with E-state index in [2.05, 4.69) is 5.32 Å². The molecule has 0 saturated carbocycles. The fourth-order valence-corrected chi connectivity index (χ4v) is 4.90. The van der Waals surface area contributed by atoms with Gasteiger partial charge in [0.15, 0.2) is 6.10 Å². The van der Waals surface area contributed by atoms with Crippen LogP contribution in [0, 0.1) is 6.92 Å². The highest BCUT2D eigenvalue weighted by Crippen LogP contribution is 2.38. The minimum atomic E-state index is -3.90. The minimum Gasteiger partial charge on any atom is -0.476 e. The number of ether oxygens (including phenoxy) is 1. The first-order valence-electron chi connectivity index (χ1n) is 9.58. The van der Waals surface area contributed by atoms with Crippen molar-refractivity contribution in [1.29, 1.82) is 0 Å². The van der Waals surface area contributed by atoms with Crippen molar-refractivity contribution in [3.8, 4) is 5.75 Å². The Kier molecular flexibility index (Phi) is 6.39. The number of fused-ring (bicyclic) bond motifs is 1. The molecule has 8 heteroatoms. The fraction of sp³-hybridized carbons (Fsp3) is 0.381. The number of carbonyl (C=O) groups excluding carboxylic acids is 1. The highest BCUT2D eigenvalue weighted by atomic mass is 35.5. The molecule has 6 nitrogen and oxygen atoms in total. The molecular formula is C21H25ClN2O4S. The molecule has 0 aromatic heterocycles. The van der Waals surface area contributed by atoms with Gasteiger partial charge < -0.3 is 10.1 Å². The summed E-state index contributed by atoms with van der Waals surface area (Å²) in [5, 5.41) is 3.29. The SMILES string of the molecule is CCC[C@H](C)NC(=O)[C@@H]1CN(S(=O)(=O)c2ccc(C)cc2)c2cc(Cl)ccc2O1. The van der Waals surface area contributed by atoms with Gasteiger partial charge in [-0.2, -0.15) is 0 Å². The lowest BCUT2D eigenvalue weighted by atomic mass is 10.1. The van der Waals surface area contributed by atoms with E-state index in [1.807, 2.05) is 20.8 Å². The first kappa shape index (κ1) is 21.5. The van der Waals surface area contributed by atoms with Crippen molar-refractivity contribution in [2.75, 3.05) is 10.8 Å². The lowest BCUT2D eigenvalue weighted by molar-refractivity contribution is -0.128. The molecule has 0 bridgehead atoms. The van der Waals surface area contributed by atoms with Crippen LogP contribution in [0.3, 0.4) is 0 Å². The molecule has 2 aromatic carbocycles. The van der Waals surface area contributed by atoms with Gasteiger partial charge >= 0.3 is 0 Å². The Balaban J connectivity index is 1.97. The van der Waals surface area contributed by atoms with Gasteiger partial charge in [0.05, 0.1) is 17.1 Å². The Hall–Kier alpha value is -2.25. The Morgan fingerprint density at radius 1 is 1.28 bits per heavy atom. The zero-order valence-electron chi connectivity index (χ0n) is 16.7. The number of nitrogens with one attached hydrogen (secondary N) is 1. The van der Waals surface area contributed by atoms with Crippen molar-refractivity contribution >= 4 is 33.2 Å². The second kappa shape index (κ2) is 8.63. The molecule has 2 atom stereocenters. The number of halogens is 1. The van der Waals surface area contributed by atoms with E-state index in [4.69, 9.17) is 16.3 Å². The molecule has 1 N–H and O–H groups in total. The third-order valence-corrected chi connectivity index (χ3v) is 6.83. The van der Waals surface area contributed by atoms with Crippen molar-refractivity contribution in [3.63, 3.8) is 0 Å². The van der Waals surface area contributed by atoms with Gasteiger partial charge in [-0.15, -0.1) is 0 Å². The van der Waals surface area contributed by atoms with E-state index >= 15 is 0 Å². The molecule has 29 heavy (non-hydrogen) atoms. The van der Waals surface area contributed by atoms with Crippen LogP contribution in [0.5, 0.6) is 5.75 Å². The molecule has 1 aliphatic heterocycles. The highest BCUT2D eigenvalue weighted by molar-refractivity contribution is 7.92. The summed E-state index contributed by atoms with van der Waals surface area (Å²) in [6, 6.07) is 11.3. The number of amides is 1. The summed E-state index contributed by atoms with van der Waals surface area (Å²) in [5.74, 6) is -0.0321. The van der Waals surface area contributed by atoms with Crippen LogP contribution in [0.4, 0.5) is 5.69 Å². The number of sulfonamides is 1. The van der Waals surface area contributed by atoms with Gasteiger partial charge in [-0.1, -0.05) is 42.6 Å². The lowest BCUT2D eigenvalue weighted by Crippen LogP contribution is -2.52. The topological polar surface area (TPSA) is 75.7 Å². The number of benzene rings is 2. The van der Waals surface area contributed by atoms with Crippen molar-refractivity contribution in [2.24, 2.45) is 0 Å². The second-order valence-electron chi connectivity index (χ2n) is 7.27. The summed E-state index contributed by atoms with van der Waals surface area (Å²) in [4.78, 5) is 12.9. The van der Waals surface area contributed by atoms with Crippen molar-refractivity contribution in [3.05, 3.63) is 53.1 Å². The molecule has 2 aromatic rings. The Labute approximate surface area is 176 Å². The average molecular weight is 437 g/mol. The predicted molar refractivity (Wildman–Crippen MR) is 114 cm³/mol. The van der Waals surface area contributed by atoms with Crippen molar-refractivity contribution in [2.45, 2.75) is 50.7 Å². The number of aryl methyl sites for hydroxylation is 1. The number of anilines is 1.